The van der Waals surface area contributed by atoms with Crippen molar-refractivity contribution in [3.05, 3.63) is 65.2 Å². The van der Waals surface area contributed by atoms with Crippen molar-refractivity contribution in [1.29, 1.82) is 0 Å². The number of hydrogen-bond acceptors (Lipinski definition) is 4. The van der Waals surface area contributed by atoms with Gasteiger partial charge in [-0.1, -0.05) is 36.4 Å². The zero-order valence-corrected chi connectivity index (χ0v) is 16.7. The molecule has 0 saturated carbocycles. The molecule has 0 spiro atoms. The van der Waals surface area contributed by atoms with Crippen LogP contribution in [0.3, 0.4) is 0 Å². The van der Waals surface area contributed by atoms with Crippen LogP contribution in [-0.4, -0.2) is 34.0 Å². The van der Waals surface area contributed by atoms with Gasteiger partial charge in [-0.25, -0.2) is 13.1 Å². The summed E-state index contributed by atoms with van der Waals surface area (Å²) in [6.07, 6.45) is 0. The van der Waals surface area contributed by atoms with E-state index in [1.807, 2.05) is 30.3 Å². The fourth-order valence-corrected chi connectivity index (χ4v) is 3.74. The summed E-state index contributed by atoms with van der Waals surface area (Å²) in [5.74, 6) is 0.202. The van der Waals surface area contributed by atoms with Crippen LogP contribution >= 0.6 is 12.4 Å². The van der Waals surface area contributed by atoms with Crippen molar-refractivity contribution in [2.24, 2.45) is 5.92 Å². The van der Waals surface area contributed by atoms with Gasteiger partial charge in [0.05, 0.1) is 4.90 Å². The first-order valence-corrected chi connectivity index (χ1v) is 10.1. The monoisotopic (exact) mass is 409 g/mol. The molecule has 1 amide bonds. The van der Waals surface area contributed by atoms with Gasteiger partial charge in [0.2, 0.25) is 10.0 Å². The number of nitrogens with one attached hydrogen (secondary N) is 3. The van der Waals surface area contributed by atoms with Crippen molar-refractivity contribution in [3.63, 3.8) is 0 Å². The van der Waals surface area contributed by atoms with Gasteiger partial charge in [-0.15, -0.1) is 12.4 Å². The topological polar surface area (TPSA) is 87.3 Å². The number of rotatable bonds is 7. The Bertz CT molecular complexity index is 884. The van der Waals surface area contributed by atoms with E-state index in [1.165, 1.54) is 12.1 Å². The fraction of sp³-hybridized carbons (Fsp3) is 0.316. The Balaban J connectivity index is 0.00000261. The lowest BCUT2D eigenvalue weighted by Crippen LogP contribution is -2.48. The van der Waals surface area contributed by atoms with Crippen LogP contribution < -0.4 is 15.4 Å². The first-order chi connectivity index (χ1) is 12.5. The van der Waals surface area contributed by atoms with E-state index in [0.717, 1.165) is 24.2 Å². The summed E-state index contributed by atoms with van der Waals surface area (Å²) in [6, 6.07) is 13.9. The van der Waals surface area contributed by atoms with Gasteiger partial charge in [-0.3, -0.25) is 4.79 Å². The largest absolute Gasteiger partial charge is 0.352 e. The molecule has 0 bridgehead atoms. The molecule has 1 fully saturated rings. The van der Waals surface area contributed by atoms with E-state index in [9.17, 15) is 13.2 Å². The highest BCUT2D eigenvalue weighted by Crippen LogP contribution is 2.16. The minimum atomic E-state index is -3.70. The Labute approximate surface area is 166 Å². The predicted molar refractivity (Wildman–Crippen MR) is 108 cm³/mol. The molecule has 3 N–H and O–H groups in total. The lowest BCUT2D eigenvalue weighted by molar-refractivity contribution is 0.0941. The second-order valence-electron chi connectivity index (χ2n) is 6.52. The van der Waals surface area contributed by atoms with Gasteiger partial charge < -0.3 is 10.6 Å². The van der Waals surface area contributed by atoms with Gasteiger partial charge in [0.1, 0.15) is 0 Å². The number of halogens is 1. The summed E-state index contributed by atoms with van der Waals surface area (Å²) in [5.41, 5.74) is 2.01. The van der Waals surface area contributed by atoms with Crippen LogP contribution in [0.25, 0.3) is 0 Å². The summed E-state index contributed by atoms with van der Waals surface area (Å²) in [6.45, 7) is 4.39. The first kappa shape index (κ1) is 21.4. The molecular formula is C19H24ClN3O3S. The summed E-state index contributed by atoms with van der Waals surface area (Å²) in [4.78, 5) is 12.5. The third-order valence-corrected chi connectivity index (χ3v) is 5.89. The van der Waals surface area contributed by atoms with Crippen molar-refractivity contribution in [2.45, 2.75) is 18.4 Å². The second kappa shape index (κ2) is 9.32. The number of benzene rings is 2. The van der Waals surface area contributed by atoms with Gasteiger partial charge >= 0.3 is 0 Å². The van der Waals surface area contributed by atoms with Crippen molar-refractivity contribution in [3.8, 4) is 0 Å². The smallest absolute Gasteiger partial charge is 0.251 e. The first-order valence-electron chi connectivity index (χ1n) is 8.59. The molecule has 0 radical (unpaired) electrons. The second-order valence-corrected chi connectivity index (χ2v) is 8.29. The van der Waals surface area contributed by atoms with Gasteiger partial charge in [-0.2, -0.15) is 0 Å². The van der Waals surface area contributed by atoms with Crippen molar-refractivity contribution < 1.29 is 13.2 Å². The van der Waals surface area contributed by atoms with Gasteiger partial charge in [0, 0.05) is 37.7 Å². The average Bonchev–Trinajstić information content (AvgIpc) is 2.59. The van der Waals surface area contributed by atoms with Gasteiger partial charge in [-0.05, 0) is 30.2 Å². The van der Waals surface area contributed by atoms with E-state index in [1.54, 1.807) is 13.0 Å². The minimum absolute atomic E-state index is 0. The third kappa shape index (κ3) is 5.52. The van der Waals surface area contributed by atoms with E-state index in [4.69, 9.17) is 0 Å². The van der Waals surface area contributed by atoms with E-state index >= 15 is 0 Å². The quantitative estimate of drug-likeness (QED) is 0.651. The maximum absolute atomic E-state index is 12.6. The Hall–Kier alpha value is -1.93. The van der Waals surface area contributed by atoms with E-state index in [2.05, 4.69) is 15.4 Å². The lowest BCUT2D eigenvalue weighted by atomic mass is 10.0. The molecule has 27 heavy (non-hydrogen) atoms. The molecule has 1 heterocycles. The molecule has 2 aromatic carbocycles. The van der Waals surface area contributed by atoms with Crippen LogP contribution in [-0.2, 0) is 16.6 Å². The van der Waals surface area contributed by atoms with Crippen LogP contribution in [0.15, 0.2) is 53.4 Å². The van der Waals surface area contributed by atoms with Crippen LogP contribution in [0.1, 0.15) is 21.5 Å². The van der Waals surface area contributed by atoms with Crippen molar-refractivity contribution >= 4 is 28.3 Å². The highest BCUT2D eigenvalue weighted by atomic mass is 35.5. The molecule has 1 aliphatic rings. The molecule has 0 unspecified atom stereocenters. The number of aryl methyl sites for hydroxylation is 1. The Morgan fingerprint density at radius 2 is 1.85 bits per heavy atom. The number of carbonyl (C=O) groups excluding carboxylic acids is 1. The minimum Gasteiger partial charge on any atom is -0.352 e. The molecule has 0 aromatic heterocycles. The van der Waals surface area contributed by atoms with Crippen molar-refractivity contribution in [2.75, 3.05) is 19.6 Å². The Morgan fingerprint density at radius 3 is 2.48 bits per heavy atom. The molecule has 146 valence electrons. The highest BCUT2D eigenvalue weighted by molar-refractivity contribution is 7.89. The van der Waals surface area contributed by atoms with E-state index < -0.39 is 10.0 Å². The number of amides is 1. The highest BCUT2D eigenvalue weighted by Gasteiger charge is 2.20. The molecule has 0 aliphatic carbocycles. The number of hydrogen-bond donors (Lipinski definition) is 3. The van der Waals surface area contributed by atoms with Gasteiger partial charge in [0.25, 0.3) is 5.91 Å². The molecule has 2 aromatic rings. The maximum atomic E-state index is 12.6. The Kier molecular flexibility index (Phi) is 7.38. The predicted octanol–water partition coefficient (Wildman–Crippen LogP) is 1.84. The average molecular weight is 410 g/mol. The SMILES string of the molecule is Cc1ccc(S(=O)(=O)NCc2ccccc2)cc1C(=O)NCC1CNC1.Cl. The maximum Gasteiger partial charge on any atom is 0.251 e. The molecule has 0 atom stereocenters. The fourth-order valence-electron chi connectivity index (χ4n) is 2.70. The molecule has 8 heteroatoms. The summed E-state index contributed by atoms with van der Waals surface area (Å²) >= 11 is 0. The molecule has 1 saturated heterocycles. The van der Waals surface area contributed by atoms with E-state index in [-0.39, 0.29) is 29.8 Å². The third-order valence-electron chi connectivity index (χ3n) is 4.49. The number of sulfonamides is 1. The molecular weight excluding hydrogens is 386 g/mol. The summed E-state index contributed by atoms with van der Waals surface area (Å²) in [5, 5.41) is 6.04. The van der Waals surface area contributed by atoms with E-state index in [0.29, 0.717) is 18.0 Å². The Morgan fingerprint density at radius 1 is 1.15 bits per heavy atom. The lowest BCUT2D eigenvalue weighted by Gasteiger charge is -2.27. The zero-order chi connectivity index (χ0) is 18.6. The molecule has 3 rings (SSSR count). The van der Waals surface area contributed by atoms with Crippen LogP contribution in [0, 0.1) is 12.8 Å². The summed E-state index contributed by atoms with van der Waals surface area (Å²) in [7, 11) is -3.70. The summed E-state index contributed by atoms with van der Waals surface area (Å²) < 4.78 is 27.7. The molecule has 1 aliphatic heterocycles. The van der Waals surface area contributed by atoms with Crippen LogP contribution in [0.5, 0.6) is 0 Å². The van der Waals surface area contributed by atoms with Crippen molar-refractivity contribution in [1.82, 2.24) is 15.4 Å². The standard InChI is InChI=1S/C19H23N3O3S.ClH/c1-14-7-8-17(9-18(14)19(23)21-12-16-10-20-11-16)26(24,25)22-13-15-5-3-2-4-6-15;/h2-9,16,20,22H,10-13H2,1H3,(H,21,23);1H. The van der Waals surface area contributed by atoms with Crippen LogP contribution in [0.2, 0.25) is 0 Å². The van der Waals surface area contributed by atoms with Crippen LogP contribution in [0.4, 0.5) is 0 Å². The number of carbonyl (C=O) groups is 1. The zero-order valence-electron chi connectivity index (χ0n) is 15.1. The normalized spacial score (nSPS) is 14.1. The molecule has 6 nitrogen and oxygen atoms in total. The van der Waals surface area contributed by atoms with Gasteiger partial charge in [0.15, 0.2) is 0 Å².